The van der Waals surface area contributed by atoms with Crippen molar-refractivity contribution in [1.82, 2.24) is 0 Å². The van der Waals surface area contributed by atoms with Crippen LogP contribution in [0.1, 0.15) is 67.2 Å². The van der Waals surface area contributed by atoms with Crippen LogP contribution in [0.2, 0.25) is 0 Å². The standard InChI is InChI=1S/C31H33F3O3/c1-37-28-10-8-20(15-27(28)30-17-21-12-22(18-30)14-23(13-21)19-30)4-2-5-24(9-11-29(35)36)25-6-3-7-26(16-25)31(32,33)34/h3,5-11,15-16,21-23H,2,4,12-14,17-19H2,1H3,(H,35,36)/b11-9-,24-5-. The van der Waals surface area contributed by atoms with E-state index in [9.17, 15) is 18.0 Å². The van der Waals surface area contributed by atoms with Crippen LogP contribution in [0.25, 0.3) is 5.57 Å². The number of rotatable bonds is 8. The Bertz CT molecular complexity index is 1190. The Kier molecular flexibility index (Phi) is 6.95. The third-order valence-electron chi connectivity index (χ3n) is 8.60. The number of hydrogen-bond acceptors (Lipinski definition) is 2. The second-order valence-electron chi connectivity index (χ2n) is 11.2. The molecule has 37 heavy (non-hydrogen) atoms. The quantitative estimate of drug-likeness (QED) is 0.291. The lowest BCUT2D eigenvalue weighted by atomic mass is 9.48. The fourth-order valence-corrected chi connectivity index (χ4v) is 7.48. The van der Waals surface area contributed by atoms with Gasteiger partial charge in [0.15, 0.2) is 0 Å². The van der Waals surface area contributed by atoms with Crippen LogP contribution in [0.5, 0.6) is 5.75 Å². The average Bonchev–Trinajstić information content (AvgIpc) is 2.84. The normalized spacial score (nSPS) is 27.1. The molecule has 0 aromatic heterocycles. The van der Waals surface area contributed by atoms with E-state index in [0.717, 1.165) is 47.3 Å². The van der Waals surface area contributed by atoms with Crippen molar-refractivity contribution in [3.05, 3.63) is 82.9 Å². The summed E-state index contributed by atoms with van der Waals surface area (Å²) in [4.78, 5) is 11.1. The summed E-state index contributed by atoms with van der Waals surface area (Å²) in [6.07, 6.45) is 8.77. The van der Waals surface area contributed by atoms with E-state index in [-0.39, 0.29) is 5.41 Å². The molecule has 0 unspecified atom stereocenters. The second kappa shape index (κ2) is 10.0. The number of carboxylic acid groups (broad SMARTS) is 1. The van der Waals surface area contributed by atoms with Crippen molar-refractivity contribution >= 4 is 11.5 Å². The number of halogens is 3. The van der Waals surface area contributed by atoms with Crippen LogP contribution in [0, 0.1) is 17.8 Å². The zero-order valence-corrected chi connectivity index (χ0v) is 21.1. The number of allylic oxidation sites excluding steroid dienone is 3. The molecule has 0 spiro atoms. The van der Waals surface area contributed by atoms with Gasteiger partial charge in [0, 0.05) is 11.6 Å². The largest absolute Gasteiger partial charge is 0.496 e. The summed E-state index contributed by atoms with van der Waals surface area (Å²) in [5, 5.41) is 9.09. The van der Waals surface area contributed by atoms with E-state index in [4.69, 9.17) is 9.84 Å². The first kappa shape index (κ1) is 25.6. The van der Waals surface area contributed by atoms with Crippen molar-refractivity contribution in [3.63, 3.8) is 0 Å². The van der Waals surface area contributed by atoms with E-state index >= 15 is 0 Å². The van der Waals surface area contributed by atoms with Gasteiger partial charge in [0.25, 0.3) is 0 Å². The summed E-state index contributed by atoms with van der Waals surface area (Å²) in [6, 6.07) is 11.4. The molecule has 0 amide bonds. The van der Waals surface area contributed by atoms with Crippen LogP contribution in [0.15, 0.2) is 60.7 Å². The van der Waals surface area contributed by atoms with Crippen LogP contribution in [-0.4, -0.2) is 18.2 Å². The van der Waals surface area contributed by atoms with Crippen LogP contribution in [0.4, 0.5) is 13.2 Å². The van der Waals surface area contributed by atoms with Crippen molar-refractivity contribution in [2.24, 2.45) is 17.8 Å². The van der Waals surface area contributed by atoms with Crippen LogP contribution in [0.3, 0.4) is 0 Å². The van der Waals surface area contributed by atoms with Gasteiger partial charge in [-0.3, -0.25) is 0 Å². The van der Waals surface area contributed by atoms with Gasteiger partial charge in [0.05, 0.1) is 12.7 Å². The first-order chi connectivity index (χ1) is 17.6. The Morgan fingerprint density at radius 2 is 1.70 bits per heavy atom. The zero-order chi connectivity index (χ0) is 26.2. The number of benzene rings is 2. The minimum absolute atomic E-state index is 0.194. The molecule has 2 aromatic rings. The Hall–Kier alpha value is -3.02. The predicted molar refractivity (Wildman–Crippen MR) is 137 cm³/mol. The van der Waals surface area contributed by atoms with Crippen LogP contribution in [-0.2, 0) is 22.8 Å². The van der Waals surface area contributed by atoms with Crippen molar-refractivity contribution < 1.29 is 27.8 Å². The third kappa shape index (κ3) is 5.48. The Morgan fingerprint density at radius 1 is 1.03 bits per heavy atom. The van der Waals surface area contributed by atoms with Crippen molar-refractivity contribution in [2.75, 3.05) is 7.11 Å². The molecule has 0 radical (unpaired) electrons. The highest BCUT2D eigenvalue weighted by Crippen LogP contribution is 2.62. The molecule has 0 heterocycles. The van der Waals surface area contributed by atoms with E-state index in [1.807, 2.05) is 6.08 Å². The van der Waals surface area contributed by atoms with Gasteiger partial charge < -0.3 is 9.84 Å². The molecule has 4 fully saturated rings. The molecule has 1 N–H and O–H groups in total. The lowest BCUT2D eigenvalue weighted by Crippen LogP contribution is -2.48. The van der Waals surface area contributed by atoms with Gasteiger partial charge in [0.1, 0.15) is 5.75 Å². The highest BCUT2D eigenvalue weighted by Gasteiger charge is 2.52. The summed E-state index contributed by atoms with van der Waals surface area (Å²) in [7, 11) is 1.73. The molecule has 6 heteroatoms. The van der Waals surface area contributed by atoms with E-state index in [2.05, 4.69) is 18.2 Å². The lowest BCUT2D eigenvalue weighted by molar-refractivity contribution is -0.137. The number of alkyl halides is 3. The maximum Gasteiger partial charge on any atom is 0.416 e. The van der Waals surface area contributed by atoms with E-state index in [0.29, 0.717) is 24.0 Å². The molecule has 4 saturated carbocycles. The van der Waals surface area contributed by atoms with Crippen LogP contribution >= 0.6 is 0 Å². The number of hydrogen-bond donors (Lipinski definition) is 1. The molecule has 4 aliphatic carbocycles. The molecule has 2 aromatic carbocycles. The molecule has 0 atom stereocenters. The van der Waals surface area contributed by atoms with Crippen molar-refractivity contribution in [1.29, 1.82) is 0 Å². The molecule has 4 bridgehead atoms. The van der Waals surface area contributed by atoms with Gasteiger partial charge in [0.2, 0.25) is 0 Å². The molecule has 0 saturated heterocycles. The van der Waals surface area contributed by atoms with Gasteiger partial charge in [-0.05, 0) is 116 Å². The van der Waals surface area contributed by atoms with E-state index in [1.165, 1.54) is 56.2 Å². The molecular weight excluding hydrogens is 477 g/mol. The Labute approximate surface area is 216 Å². The van der Waals surface area contributed by atoms with Crippen LogP contribution < -0.4 is 4.74 Å². The van der Waals surface area contributed by atoms with Crippen molar-refractivity contribution in [2.45, 2.75) is 63.0 Å². The average molecular weight is 511 g/mol. The van der Waals surface area contributed by atoms with Gasteiger partial charge >= 0.3 is 12.1 Å². The highest BCUT2D eigenvalue weighted by atomic mass is 19.4. The van der Waals surface area contributed by atoms with Gasteiger partial charge in [-0.25, -0.2) is 4.79 Å². The summed E-state index contributed by atoms with van der Waals surface area (Å²) in [5.41, 5.74) is 2.72. The summed E-state index contributed by atoms with van der Waals surface area (Å²) in [5.74, 6) is 2.26. The smallest absolute Gasteiger partial charge is 0.416 e. The topological polar surface area (TPSA) is 46.5 Å². The fourth-order valence-electron chi connectivity index (χ4n) is 7.48. The number of carboxylic acids is 1. The van der Waals surface area contributed by atoms with Gasteiger partial charge in [-0.15, -0.1) is 0 Å². The number of carbonyl (C=O) groups is 1. The molecule has 0 aliphatic heterocycles. The fraction of sp³-hybridized carbons (Fsp3) is 0.452. The monoisotopic (exact) mass is 510 g/mol. The summed E-state index contributed by atoms with van der Waals surface area (Å²) < 4.78 is 45.6. The van der Waals surface area contributed by atoms with Crippen molar-refractivity contribution in [3.8, 4) is 5.75 Å². The molecule has 3 nitrogen and oxygen atoms in total. The van der Waals surface area contributed by atoms with E-state index in [1.54, 1.807) is 13.2 Å². The highest BCUT2D eigenvalue weighted by molar-refractivity contribution is 5.85. The Morgan fingerprint density at radius 3 is 2.30 bits per heavy atom. The second-order valence-corrected chi connectivity index (χ2v) is 11.2. The maximum absolute atomic E-state index is 13.2. The molecule has 6 rings (SSSR count). The number of aryl methyl sites for hydroxylation is 1. The first-order valence-electron chi connectivity index (χ1n) is 13.1. The number of ether oxygens (including phenoxy) is 1. The van der Waals surface area contributed by atoms with E-state index < -0.39 is 17.7 Å². The maximum atomic E-state index is 13.2. The SMILES string of the molecule is COc1ccc(CC/C=C(/C=C\C(=O)O)c2cccc(C(F)(F)F)c2)cc1C12CC3CC(CC(C3)C1)C2. The minimum Gasteiger partial charge on any atom is -0.496 e. The molecule has 4 aliphatic rings. The third-order valence-corrected chi connectivity index (χ3v) is 8.60. The van der Waals surface area contributed by atoms with Gasteiger partial charge in [-0.2, -0.15) is 13.2 Å². The number of methoxy groups -OCH3 is 1. The minimum atomic E-state index is -4.46. The Balaban J connectivity index is 1.39. The zero-order valence-electron chi connectivity index (χ0n) is 21.1. The van der Waals surface area contributed by atoms with Gasteiger partial charge in [-0.1, -0.05) is 30.3 Å². The predicted octanol–water partition coefficient (Wildman–Crippen LogP) is 7.84. The molecule has 196 valence electrons. The first-order valence-corrected chi connectivity index (χ1v) is 13.1. The summed E-state index contributed by atoms with van der Waals surface area (Å²) >= 11 is 0. The summed E-state index contributed by atoms with van der Waals surface area (Å²) in [6.45, 7) is 0. The molecular formula is C31H33F3O3. The number of aliphatic carboxylic acids is 1. The lowest BCUT2D eigenvalue weighted by Gasteiger charge is -2.57.